The number of methoxy groups -OCH3 is 2. The highest BCUT2D eigenvalue weighted by Crippen LogP contribution is 2.37. The number of amides is 1. The number of hydrogen-bond donors (Lipinski definition) is 1. The summed E-state index contributed by atoms with van der Waals surface area (Å²) in [4.78, 5) is 12.9. The molecule has 0 fully saturated rings. The number of para-hydroxylation sites is 1. The largest absolute Gasteiger partial charge is 0.497 e. The maximum absolute atomic E-state index is 13.5. The van der Waals surface area contributed by atoms with Gasteiger partial charge in [0.05, 0.1) is 35.5 Å². The molecule has 0 aliphatic heterocycles. The van der Waals surface area contributed by atoms with Crippen LogP contribution in [-0.2, 0) is 21.4 Å². The molecule has 4 aromatic carbocycles. The van der Waals surface area contributed by atoms with Gasteiger partial charge in [0.2, 0.25) is 0 Å². The van der Waals surface area contributed by atoms with Gasteiger partial charge >= 0.3 is 0 Å². The van der Waals surface area contributed by atoms with Gasteiger partial charge in [0.1, 0.15) is 18.9 Å². The molecule has 4 rings (SSSR count). The van der Waals surface area contributed by atoms with Crippen LogP contribution in [-0.4, -0.2) is 41.3 Å². The second-order valence-corrected chi connectivity index (χ2v) is 11.3. The lowest BCUT2D eigenvalue weighted by Crippen LogP contribution is -2.39. The van der Waals surface area contributed by atoms with E-state index in [9.17, 15) is 13.2 Å². The molecule has 0 heterocycles. The van der Waals surface area contributed by atoms with Crippen molar-refractivity contribution in [3.05, 3.63) is 113 Å². The van der Waals surface area contributed by atoms with Crippen molar-refractivity contribution in [2.75, 3.05) is 25.1 Å². The van der Waals surface area contributed by atoms with Gasteiger partial charge in [0.25, 0.3) is 15.9 Å². The van der Waals surface area contributed by atoms with Crippen LogP contribution in [0.4, 0.5) is 5.69 Å². The second-order valence-electron chi connectivity index (χ2n) is 8.62. The predicted molar refractivity (Wildman–Crippen MR) is 161 cm³/mol. The molecule has 1 N–H and O–H groups in total. The van der Waals surface area contributed by atoms with E-state index in [1.54, 1.807) is 54.6 Å². The van der Waals surface area contributed by atoms with Gasteiger partial charge in [-0.3, -0.25) is 9.10 Å². The zero-order valence-electron chi connectivity index (χ0n) is 22.4. The average molecular weight is 639 g/mol. The van der Waals surface area contributed by atoms with Gasteiger partial charge < -0.3 is 14.2 Å². The Morgan fingerprint density at radius 1 is 0.927 bits per heavy atom. The molecular weight excluding hydrogens is 610 g/mol. The summed E-state index contributed by atoms with van der Waals surface area (Å²) in [6.45, 7) is -0.133. The van der Waals surface area contributed by atoms with E-state index in [-0.39, 0.29) is 4.90 Å². The Balaban J connectivity index is 1.47. The van der Waals surface area contributed by atoms with Crippen LogP contribution in [0.3, 0.4) is 0 Å². The highest BCUT2D eigenvalue weighted by molar-refractivity contribution is 9.10. The molecular formula is C30H28BrN3O6S. The third kappa shape index (κ3) is 7.65. The van der Waals surface area contributed by atoms with Gasteiger partial charge in [0, 0.05) is 0 Å². The highest BCUT2D eigenvalue weighted by atomic mass is 79.9. The first-order chi connectivity index (χ1) is 19.8. The molecule has 0 saturated heterocycles. The lowest BCUT2D eigenvalue weighted by atomic mass is 10.2. The fourth-order valence-electron chi connectivity index (χ4n) is 3.81. The molecule has 0 aromatic heterocycles. The highest BCUT2D eigenvalue weighted by Gasteiger charge is 2.27. The van der Waals surface area contributed by atoms with E-state index in [4.69, 9.17) is 14.2 Å². The molecule has 212 valence electrons. The van der Waals surface area contributed by atoms with Crippen LogP contribution in [0.15, 0.2) is 112 Å². The van der Waals surface area contributed by atoms with Crippen LogP contribution < -0.4 is 23.9 Å². The summed E-state index contributed by atoms with van der Waals surface area (Å²) in [5, 5.41) is 4.03. The summed E-state index contributed by atoms with van der Waals surface area (Å²) < 4.78 is 45.2. The minimum atomic E-state index is -4.07. The fraction of sp³-hybridized carbons (Fsp3) is 0.133. The second kappa shape index (κ2) is 13.8. The summed E-state index contributed by atoms with van der Waals surface area (Å²) in [7, 11) is -1.05. The Morgan fingerprint density at radius 2 is 1.59 bits per heavy atom. The average Bonchev–Trinajstić information content (AvgIpc) is 3.00. The van der Waals surface area contributed by atoms with Crippen LogP contribution in [0.2, 0.25) is 0 Å². The molecule has 0 bridgehead atoms. The Hall–Kier alpha value is -4.35. The Kier molecular flexibility index (Phi) is 9.99. The normalized spacial score (nSPS) is 11.2. The van der Waals surface area contributed by atoms with E-state index in [2.05, 4.69) is 26.5 Å². The van der Waals surface area contributed by atoms with Crippen molar-refractivity contribution in [2.45, 2.75) is 11.5 Å². The van der Waals surface area contributed by atoms with Crippen molar-refractivity contribution < 1.29 is 27.4 Å². The molecule has 4 aromatic rings. The Bertz CT molecular complexity index is 1600. The van der Waals surface area contributed by atoms with Crippen LogP contribution in [0.1, 0.15) is 11.1 Å². The van der Waals surface area contributed by atoms with Crippen molar-refractivity contribution in [1.29, 1.82) is 0 Å². The van der Waals surface area contributed by atoms with Crippen molar-refractivity contribution in [3.8, 4) is 17.2 Å². The number of anilines is 1. The molecule has 0 aliphatic rings. The number of sulfonamides is 1. The Labute approximate surface area is 247 Å². The van der Waals surface area contributed by atoms with Crippen molar-refractivity contribution in [3.63, 3.8) is 0 Å². The van der Waals surface area contributed by atoms with E-state index in [1.807, 2.05) is 30.3 Å². The Morgan fingerprint density at radius 3 is 2.22 bits per heavy atom. The molecule has 0 radical (unpaired) electrons. The minimum absolute atomic E-state index is 0.0185. The SMILES string of the molecule is COc1ccc(S(=O)(=O)N(CC(=O)N/N=C\c2cc(Br)c(OCc3ccccc3)c(OC)c2)c2ccccc2)cc1. The number of ether oxygens (including phenoxy) is 3. The zero-order valence-corrected chi connectivity index (χ0v) is 24.8. The van der Waals surface area contributed by atoms with Gasteiger partial charge in [-0.25, -0.2) is 13.8 Å². The number of nitrogens with zero attached hydrogens (tertiary/aromatic N) is 2. The molecule has 1 amide bonds. The number of hydrogen-bond acceptors (Lipinski definition) is 7. The summed E-state index contributed by atoms with van der Waals surface area (Å²) in [5.74, 6) is 0.890. The lowest BCUT2D eigenvalue weighted by Gasteiger charge is -2.23. The third-order valence-corrected chi connectivity index (χ3v) is 8.24. The van der Waals surface area contributed by atoms with Crippen LogP contribution in [0.25, 0.3) is 0 Å². The number of hydrazone groups is 1. The first kappa shape index (κ1) is 29.6. The van der Waals surface area contributed by atoms with Crippen LogP contribution in [0.5, 0.6) is 17.2 Å². The van der Waals surface area contributed by atoms with Crippen molar-refractivity contribution in [1.82, 2.24) is 5.43 Å². The number of benzene rings is 4. The number of carbonyl (C=O) groups excluding carboxylic acids is 1. The number of carbonyl (C=O) groups is 1. The summed E-state index contributed by atoms with van der Waals surface area (Å²) >= 11 is 3.51. The van der Waals surface area contributed by atoms with Crippen LogP contribution >= 0.6 is 15.9 Å². The van der Waals surface area contributed by atoms with Gasteiger partial charge in [0.15, 0.2) is 11.5 Å². The first-order valence-corrected chi connectivity index (χ1v) is 14.6. The quantitative estimate of drug-likeness (QED) is 0.165. The van der Waals surface area contributed by atoms with Gasteiger partial charge in [-0.1, -0.05) is 48.5 Å². The van der Waals surface area contributed by atoms with E-state index in [0.717, 1.165) is 9.87 Å². The first-order valence-electron chi connectivity index (χ1n) is 12.4. The van der Waals surface area contributed by atoms with Crippen LogP contribution in [0, 0.1) is 0 Å². The van der Waals surface area contributed by atoms with E-state index in [1.165, 1.54) is 32.6 Å². The standard InChI is InChI=1S/C30H28BrN3O6S/c1-38-25-13-15-26(16-14-25)41(36,37)34(24-11-7-4-8-12-24)20-29(35)33-32-19-23-17-27(31)30(28(18-23)39-2)40-21-22-9-5-3-6-10-22/h3-19H,20-21H2,1-2H3,(H,33,35)/b32-19-. The number of halogens is 1. The lowest BCUT2D eigenvalue weighted by molar-refractivity contribution is -0.119. The number of rotatable bonds is 12. The fourth-order valence-corrected chi connectivity index (χ4v) is 5.81. The van der Waals surface area contributed by atoms with Crippen molar-refractivity contribution >= 4 is 43.8 Å². The molecule has 0 saturated carbocycles. The monoisotopic (exact) mass is 637 g/mol. The molecule has 0 aliphatic carbocycles. The van der Waals surface area contributed by atoms with E-state index in [0.29, 0.717) is 39.6 Å². The van der Waals surface area contributed by atoms with Crippen molar-refractivity contribution in [2.24, 2.45) is 5.10 Å². The maximum atomic E-state index is 13.5. The van der Waals surface area contributed by atoms with E-state index < -0.39 is 22.5 Å². The predicted octanol–water partition coefficient (Wildman–Crippen LogP) is 5.39. The maximum Gasteiger partial charge on any atom is 0.264 e. The minimum Gasteiger partial charge on any atom is -0.497 e. The summed E-state index contributed by atoms with van der Waals surface area (Å²) in [5.41, 5.74) is 4.37. The summed E-state index contributed by atoms with van der Waals surface area (Å²) in [6, 6.07) is 27.5. The van der Waals surface area contributed by atoms with Gasteiger partial charge in [-0.2, -0.15) is 5.10 Å². The van der Waals surface area contributed by atoms with E-state index >= 15 is 0 Å². The zero-order chi connectivity index (χ0) is 29.2. The molecule has 0 spiro atoms. The molecule has 41 heavy (non-hydrogen) atoms. The summed E-state index contributed by atoms with van der Waals surface area (Å²) in [6.07, 6.45) is 1.43. The molecule has 0 unspecified atom stereocenters. The molecule has 9 nitrogen and oxygen atoms in total. The third-order valence-electron chi connectivity index (χ3n) is 5.86. The van der Waals surface area contributed by atoms with Gasteiger partial charge in [-0.15, -0.1) is 0 Å². The topological polar surface area (TPSA) is 107 Å². The molecule has 0 atom stereocenters. The number of nitrogens with one attached hydrogen (secondary N) is 1. The molecule has 11 heteroatoms. The smallest absolute Gasteiger partial charge is 0.264 e. The van der Waals surface area contributed by atoms with Gasteiger partial charge in [-0.05, 0) is 75.6 Å².